The molecule has 3 rings (SSSR count). The molecule has 24 heavy (non-hydrogen) atoms. The van der Waals surface area contributed by atoms with Crippen LogP contribution in [0.15, 0.2) is 48.5 Å². The zero-order chi connectivity index (χ0) is 17.2. The summed E-state index contributed by atoms with van der Waals surface area (Å²) in [6.45, 7) is 0.516. The standard InChI is InChI=1S/C18H16F3NO2/c19-18(20,21)13-7-5-12(6-8-13)11-17(23)22-15-9-10-24-16-4-2-1-3-14(15)16/h1-8,15H,9-11H2,(H,22,23). The van der Waals surface area contributed by atoms with E-state index >= 15 is 0 Å². The maximum absolute atomic E-state index is 12.5. The van der Waals surface area contributed by atoms with Crippen LogP contribution in [0.3, 0.4) is 0 Å². The molecule has 0 bridgehead atoms. The van der Waals surface area contributed by atoms with Gasteiger partial charge in [-0.25, -0.2) is 0 Å². The van der Waals surface area contributed by atoms with Gasteiger partial charge in [-0.05, 0) is 23.8 Å². The molecule has 6 heteroatoms. The highest BCUT2D eigenvalue weighted by molar-refractivity contribution is 5.79. The molecule has 1 aliphatic rings. The lowest BCUT2D eigenvalue weighted by Gasteiger charge is -2.26. The Kier molecular flexibility index (Phi) is 4.46. The molecule has 1 unspecified atom stereocenters. The molecule has 0 saturated carbocycles. The molecule has 126 valence electrons. The van der Waals surface area contributed by atoms with Crippen LogP contribution in [-0.2, 0) is 17.4 Å². The van der Waals surface area contributed by atoms with Crippen LogP contribution in [-0.4, -0.2) is 12.5 Å². The summed E-state index contributed by atoms with van der Waals surface area (Å²) in [6.07, 6.45) is -3.67. The van der Waals surface area contributed by atoms with Gasteiger partial charge in [0.25, 0.3) is 0 Å². The van der Waals surface area contributed by atoms with Crippen LogP contribution in [0.4, 0.5) is 13.2 Å². The van der Waals surface area contributed by atoms with E-state index in [1.54, 1.807) is 0 Å². The Labute approximate surface area is 137 Å². The fraction of sp³-hybridized carbons (Fsp3) is 0.278. The molecule has 0 aromatic heterocycles. The van der Waals surface area contributed by atoms with Gasteiger partial charge in [0.05, 0.1) is 24.6 Å². The number of halogens is 3. The summed E-state index contributed by atoms with van der Waals surface area (Å²) in [5.74, 6) is 0.528. The normalized spacial score (nSPS) is 16.9. The number of para-hydroxylation sites is 1. The van der Waals surface area contributed by atoms with Crippen molar-refractivity contribution in [3.05, 3.63) is 65.2 Å². The molecular weight excluding hydrogens is 319 g/mol. The number of rotatable bonds is 3. The zero-order valence-electron chi connectivity index (χ0n) is 12.8. The van der Waals surface area contributed by atoms with Crippen molar-refractivity contribution in [1.82, 2.24) is 5.32 Å². The van der Waals surface area contributed by atoms with Gasteiger partial charge in [0, 0.05) is 12.0 Å². The molecule has 1 N–H and O–H groups in total. The largest absolute Gasteiger partial charge is 0.493 e. The molecule has 2 aromatic rings. The number of fused-ring (bicyclic) bond motifs is 1. The van der Waals surface area contributed by atoms with Crippen molar-refractivity contribution in [3.8, 4) is 5.75 Å². The molecule has 1 aliphatic heterocycles. The van der Waals surface area contributed by atoms with E-state index in [4.69, 9.17) is 4.74 Å². The highest BCUT2D eigenvalue weighted by Crippen LogP contribution is 2.32. The number of amides is 1. The molecule has 1 heterocycles. The number of hydrogen-bond acceptors (Lipinski definition) is 2. The molecule has 0 spiro atoms. The number of carbonyl (C=O) groups is 1. The van der Waals surface area contributed by atoms with E-state index in [1.165, 1.54) is 12.1 Å². The number of alkyl halides is 3. The Morgan fingerprint density at radius 2 is 1.83 bits per heavy atom. The Morgan fingerprint density at radius 1 is 1.12 bits per heavy atom. The second-order valence-corrected chi connectivity index (χ2v) is 5.67. The van der Waals surface area contributed by atoms with Crippen LogP contribution in [0.1, 0.15) is 29.2 Å². The second-order valence-electron chi connectivity index (χ2n) is 5.67. The van der Waals surface area contributed by atoms with E-state index < -0.39 is 11.7 Å². The fourth-order valence-electron chi connectivity index (χ4n) is 2.73. The fourth-order valence-corrected chi connectivity index (χ4v) is 2.73. The van der Waals surface area contributed by atoms with Crippen molar-refractivity contribution in [2.24, 2.45) is 0 Å². The third kappa shape index (κ3) is 3.69. The minimum absolute atomic E-state index is 0.0393. The first-order chi connectivity index (χ1) is 11.4. The van der Waals surface area contributed by atoms with Crippen molar-refractivity contribution in [1.29, 1.82) is 0 Å². The van der Waals surface area contributed by atoms with E-state index in [0.717, 1.165) is 23.4 Å². The smallest absolute Gasteiger partial charge is 0.416 e. The highest BCUT2D eigenvalue weighted by Gasteiger charge is 2.30. The number of ether oxygens (including phenoxy) is 1. The van der Waals surface area contributed by atoms with Gasteiger partial charge in [0.15, 0.2) is 0 Å². The lowest BCUT2D eigenvalue weighted by atomic mass is 10.00. The van der Waals surface area contributed by atoms with Gasteiger partial charge in [-0.2, -0.15) is 13.2 Å². The Hall–Kier alpha value is -2.50. The Bertz CT molecular complexity index is 726. The van der Waals surface area contributed by atoms with Gasteiger partial charge in [0.2, 0.25) is 5.91 Å². The topological polar surface area (TPSA) is 38.3 Å². The van der Waals surface area contributed by atoms with Crippen LogP contribution in [0.2, 0.25) is 0 Å². The number of hydrogen-bond donors (Lipinski definition) is 1. The van der Waals surface area contributed by atoms with Crippen molar-refractivity contribution in [2.45, 2.75) is 25.1 Å². The van der Waals surface area contributed by atoms with Gasteiger partial charge in [-0.15, -0.1) is 0 Å². The van der Waals surface area contributed by atoms with Crippen molar-refractivity contribution < 1.29 is 22.7 Å². The Morgan fingerprint density at radius 3 is 2.54 bits per heavy atom. The SMILES string of the molecule is O=C(Cc1ccc(C(F)(F)F)cc1)NC1CCOc2ccccc21. The third-order valence-electron chi connectivity index (χ3n) is 3.94. The summed E-state index contributed by atoms with van der Waals surface area (Å²) < 4.78 is 43.2. The van der Waals surface area contributed by atoms with E-state index in [1.807, 2.05) is 24.3 Å². The summed E-state index contributed by atoms with van der Waals surface area (Å²) in [5.41, 5.74) is 0.746. The molecule has 2 aromatic carbocycles. The molecule has 1 amide bonds. The predicted octanol–water partition coefficient (Wildman–Crippen LogP) is 3.89. The lowest BCUT2D eigenvalue weighted by molar-refractivity contribution is -0.137. The zero-order valence-corrected chi connectivity index (χ0v) is 12.8. The third-order valence-corrected chi connectivity index (χ3v) is 3.94. The van der Waals surface area contributed by atoms with Crippen LogP contribution < -0.4 is 10.1 Å². The van der Waals surface area contributed by atoms with E-state index in [-0.39, 0.29) is 18.4 Å². The summed E-state index contributed by atoms with van der Waals surface area (Å²) in [4.78, 5) is 12.2. The quantitative estimate of drug-likeness (QED) is 0.924. The minimum Gasteiger partial charge on any atom is -0.493 e. The van der Waals surface area contributed by atoms with Gasteiger partial charge in [0.1, 0.15) is 5.75 Å². The van der Waals surface area contributed by atoms with Crippen LogP contribution >= 0.6 is 0 Å². The lowest BCUT2D eigenvalue weighted by Crippen LogP contribution is -2.33. The molecule has 0 aliphatic carbocycles. The van der Waals surface area contributed by atoms with E-state index in [2.05, 4.69) is 5.32 Å². The van der Waals surface area contributed by atoms with Gasteiger partial charge in [-0.3, -0.25) is 4.79 Å². The van der Waals surface area contributed by atoms with Gasteiger partial charge in [-0.1, -0.05) is 30.3 Å². The monoisotopic (exact) mass is 335 g/mol. The molecule has 1 atom stereocenters. The van der Waals surface area contributed by atoms with E-state index in [9.17, 15) is 18.0 Å². The molecular formula is C18H16F3NO2. The maximum Gasteiger partial charge on any atom is 0.416 e. The van der Waals surface area contributed by atoms with E-state index in [0.29, 0.717) is 18.6 Å². The predicted molar refractivity (Wildman–Crippen MR) is 82.6 cm³/mol. The number of benzene rings is 2. The first-order valence-electron chi connectivity index (χ1n) is 7.61. The van der Waals surface area contributed by atoms with Crippen LogP contribution in [0, 0.1) is 0 Å². The summed E-state index contributed by atoms with van der Waals surface area (Å²) in [5, 5.41) is 2.93. The first-order valence-corrected chi connectivity index (χ1v) is 7.61. The highest BCUT2D eigenvalue weighted by atomic mass is 19.4. The van der Waals surface area contributed by atoms with Crippen LogP contribution in [0.5, 0.6) is 5.75 Å². The molecule has 0 fully saturated rings. The average molecular weight is 335 g/mol. The average Bonchev–Trinajstić information content (AvgIpc) is 2.55. The molecule has 0 radical (unpaired) electrons. The molecule has 3 nitrogen and oxygen atoms in total. The summed E-state index contributed by atoms with van der Waals surface area (Å²) in [6, 6.07) is 12.0. The second kappa shape index (κ2) is 6.55. The van der Waals surface area contributed by atoms with Crippen molar-refractivity contribution in [3.63, 3.8) is 0 Å². The summed E-state index contributed by atoms with van der Waals surface area (Å²) >= 11 is 0. The van der Waals surface area contributed by atoms with Gasteiger partial charge >= 0.3 is 6.18 Å². The maximum atomic E-state index is 12.5. The van der Waals surface area contributed by atoms with Gasteiger partial charge < -0.3 is 10.1 Å². The number of carbonyl (C=O) groups excluding carboxylic acids is 1. The van der Waals surface area contributed by atoms with Crippen molar-refractivity contribution >= 4 is 5.91 Å². The van der Waals surface area contributed by atoms with Crippen molar-refractivity contribution in [2.75, 3.05) is 6.61 Å². The number of nitrogens with one attached hydrogen (secondary N) is 1. The Balaban J connectivity index is 1.64. The summed E-state index contributed by atoms with van der Waals surface area (Å²) in [7, 11) is 0. The molecule has 0 saturated heterocycles. The van der Waals surface area contributed by atoms with Crippen LogP contribution in [0.25, 0.3) is 0 Å². The first kappa shape index (κ1) is 16.4. The minimum atomic E-state index is -4.37.